The van der Waals surface area contributed by atoms with Gasteiger partial charge in [0.05, 0.1) is 6.61 Å². The van der Waals surface area contributed by atoms with Crippen LogP contribution in [-0.2, 0) is 9.47 Å². The van der Waals surface area contributed by atoms with Crippen molar-refractivity contribution in [2.24, 2.45) is 5.92 Å². The quantitative estimate of drug-likeness (QED) is 0.627. The minimum atomic E-state index is 0.731. The maximum atomic E-state index is 5.64. The van der Waals surface area contributed by atoms with E-state index < -0.39 is 0 Å². The van der Waals surface area contributed by atoms with E-state index in [4.69, 9.17) is 9.47 Å². The number of hydrogen-bond donors (Lipinski definition) is 1. The summed E-state index contributed by atoms with van der Waals surface area (Å²) in [5.74, 6) is 0.731. The second-order valence-corrected chi connectivity index (χ2v) is 4.23. The van der Waals surface area contributed by atoms with Crippen molar-refractivity contribution in [1.29, 1.82) is 0 Å². The minimum absolute atomic E-state index is 0.731. The van der Waals surface area contributed by atoms with Gasteiger partial charge in [0, 0.05) is 26.4 Å². The predicted octanol–water partition coefficient (Wildman–Crippen LogP) is 1.82. The topological polar surface area (TPSA) is 30.5 Å². The Labute approximate surface area is 93.5 Å². The van der Waals surface area contributed by atoms with Gasteiger partial charge >= 0.3 is 0 Å². The number of hydrogen-bond acceptors (Lipinski definition) is 3. The van der Waals surface area contributed by atoms with Crippen LogP contribution in [0.3, 0.4) is 0 Å². The highest BCUT2D eigenvalue weighted by Crippen LogP contribution is 2.14. The summed E-state index contributed by atoms with van der Waals surface area (Å²) >= 11 is 0. The summed E-state index contributed by atoms with van der Waals surface area (Å²) in [6.45, 7) is 7.93. The third-order valence-electron chi connectivity index (χ3n) is 2.82. The minimum Gasteiger partial charge on any atom is -0.381 e. The van der Waals surface area contributed by atoms with E-state index in [-0.39, 0.29) is 0 Å². The first-order chi connectivity index (χ1) is 7.43. The van der Waals surface area contributed by atoms with E-state index >= 15 is 0 Å². The Morgan fingerprint density at radius 1 is 1.27 bits per heavy atom. The van der Waals surface area contributed by atoms with E-state index in [1.54, 1.807) is 0 Å². The van der Waals surface area contributed by atoms with Gasteiger partial charge in [-0.1, -0.05) is 13.3 Å². The molecule has 90 valence electrons. The Morgan fingerprint density at radius 3 is 2.80 bits per heavy atom. The van der Waals surface area contributed by atoms with E-state index in [2.05, 4.69) is 12.2 Å². The fourth-order valence-electron chi connectivity index (χ4n) is 1.73. The molecule has 0 atom stereocenters. The van der Waals surface area contributed by atoms with Crippen molar-refractivity contribution in [3.05, 3.63) is 0 Å². The molecule has 1 aliphatic rings. The standard InChI is InChI=1S/C12H25NO2/c1-2-3-6-13-7-10-15-11-12-4-8-14-9-5-12/h12-13H,2-11H2,1H3. The molecule has 0 spiro atoms. The van der Waals surface area contributed by atoms with Crippen molar-refractivity contribution in [3.8, 4) is 0 Å². The number of unbranched alkanes of at least 4 members (excludes halogenated alkanes) is 1. The smallest absolute Gasteiger partial charge is 0.0591 e. The number of ether oxygens (including phenoxy) is 2. The fraction of sp³-hybridized carbons (Fsp3) is 1.00. The molecule has 0 radical (unpaired) electrons. The average Bonchev–Trinajstić information content (AvgIpc) is 2.29. The van der Waals surface area contributed by atoms with Crippen LogP contribution < -0.4 is 5.32 Å². The highest BCUT2D eigenvalue weighted by molar-refractivity contribution is 4.62. The van der Waals surface area contributed by atoms with Crippen molar-refractivity contribution in [1.82, 2.24) is 5.32 Å². The largest absolute Gasteiger partial charge is 0.381 e. The van der Waals surface area contributed by atoms with Gasteiger partial charge in [-0.3, -0.25) is 0 Å². The molecule has 0 aliphatic carbocycles. The molecule has 1 aliphatic heterocycles. The van der Waals surface area contributed by atoms with Crippen LogP contribution in [0.4, 0.5) is 0 Å². The van der Waals surface area contributed by atoms with Gasteiger partial charge in [0.15, 0.2) is 0 Å². The summed E-state index contributed by atoms with van der Waals surface area (Å²) in [6.07, 6.45) is 4.86. The fourth-order valence-corrected chi connectivity index (χ4v) is 1.73. The van der Waals surface area contributed by atoms with Gasteiger partial charge in [-0.15, -0.1) is 0 Å². The molecule has 1 rings (SSSR count). The lowest BCUT2D eigenvalue weighted by atomic mass is 10.0. The lowest BCUT2D eigenvalue weighted by Crippen LogP contribution is -2.24. The zero-order valence-corrected chi connectivity index (χ0v) is 9.96. The van der Waals surface area contributed by atoms with Gasteiger partial charge in [-0.05, 0) is 31.7 Å². The molecular formula is C12H25NO2. The van der Waals surface area contributed by atoms with Crippen LogP contribution in [0.5, 0.6) is 0 Å². The lowest BCUT2D eigenvalue weighted by Gasteiger charge is -2.21. The maximum Gasteiger partial charge on any atom is 0.0591 e. The molecule has 1 heterocycles. The first kappa shape index (κ1) is 12.9. The number of rotatable bonds is 8. The van der Waals surface area contributed by atoms with Crippen LogP contribution in [0, 0.1) is 5.92 Å². The molecule has 0 saturated carbocycles. The van der Waals surface area contributed by atoms with Crippen molar-refractivity contribution in [2.75, 3.05) is 39.5 Å². The van der Waals surface area contributed by atoms with Crippen LogP contribution in [0.25, 0.3) is 0 Å². The van der Waals surface area contributed by atoms with Gasteiger partial charge in [0.1, 0.15) is 0 Å². The first-order valence-electron chi connectivity index (χ1n) is 6.29. The van der Waals surface area contributed by atoms with Crippen LogP contribution in [0.15, 0.2) is 0 Å². The van der Waals surface area contributed by atoms with Crippen molar-refractivity contribution in [2.45, 2.75) is 32.6 Å². The van der Waals surface area contributed by atoms with Crippen LogP contribution >= 0.6 is 0 Å². The summed E-state index contributed by atoms with van der Waals surface area (Å²) < 4.78 is 10.9. The Balaban J connectivity index is 1.79. The summed E-state index contributed by atoms with van der Waals surface area (Å²) in [6, 6.07) is 0. The molecule has 3 nitrogen and oxygen atoms in total. The lowest BCUT2D eigenvalue weighted by molar-refractivity contribution is 0.0214. The molecular weight excluding hydrogens is 190 g/mol. The Morgan fingerprint density at radius 2 is 2.07 bits per heavy atom. The number of nitrogens with one attached hydrogen (secondary N) is 1. The molecule has 0 aromatic heterocycles. The SMILES string of the molecule is CCCCNCCOCC1CCOCC1. The molecule has 1 N–H and O–H groups in total. The van der Waals surface area contributed by atoms with Gasteiger partial charge in [-0.2, -0.15) is 0 Å². The van der Waals surface area contributed by atoms with Crippen molar-refractivity contribution >= 4 is 0 Å². The van der Waals surface area contributed by atoms with Crippen molar-refractivity contribution in [3.63, 3.8) is 0 Å². The molecule has 0 bridgehead atoms. The van der Waals surface area contributed by atoms with E-state index in [9.17, 15) is 0 Å². The molecule has 0 amide bonds. The Hall–Kier alpha value is -0.120. The molecule has 1 fully saturated rings. The molecule has 0 unspecified atom stereocenters. The molecule has 1 saturated heterocycles. The highest BCUT2D eigenvalue weighted by Gasteiger charge is 2.13. The van der Waals surface area contributed by atoms with Crippen LogP contribution in [0.2, 0.25) is 0 Å². The van der Waals surface area contributed by atoms with Crippen molar-refractivity contribution < 1.29 is 9.47 Å². The van der Waals surface area contributed by atoms with Gasteiger partial charge in [-0.25, -0.2) is 0 Å². The van der Waals surface area contributed by atoms with E-state index in [1.807, 2.05) is 0 Å². The second kappa shape index (κ2) is 9.13. The third-order valence-corrected chi connectivity index (χ3v) is 2.82. The maximum absolute atomic E-state index is 5.64. The predicted molar refractivity (Wildman–Crippen MR) is 62.1 cm³/mol. The molecule has 3 heteroatoms. The summed E-state index contributed by atoms with van der Waals surface area (Å²) in [7, 11) is 0. The second-order valence-electron chi connectivity index (χ2n) is 4.23. The molecule has 15 heavy (non-hydrogen) atoms. The summed E-state index contributed by atoms with van der Waals surface area (Å²) in [4.78, 5) is 0. The van der Waals surface area contributed by atoms with Gasteiger partial charge in [0.2, 0.25) is 0 Å². The Bertz CT molecular complexity index is 136. The summed E-state index contributed by atoms with van der Waals surface area (Å²) in [5.41, 5.74) is 0. The monoisotopic (exact) mass is 215 g/mol. The third kappa shape index (κ3) is 6.88. The molecule has 0 aromatic carbocycles. The average molecular weight is 215 g/mol. The van der Waals surface area contributed by atoms with E-state index in [1.165, 1.54) is 25.7 Å². The first-order valence-corrected chi connectivity index (χ1v) is 6.29. The van der Waals surface area contributed by atoms with E-state index in [0.717, 1.165) is 45.4 Å². The van der Waals surface area contributed by atoms with Gasteiger partial charge < -0.3 is 14.8 Å². The normalized spacial score (nSPS) is 18.2. The van der Waals surface area contributed by atoms with Crippen LogP contribution in [-0.4, -0.2) is 39.5 Å². The zero-order chi connectivity index (χ0) is 10.8. The Kier molecular flexibility index (Phi) is 7.88. The highest BCUT2D eigenvalue weighted by atomic mass is 16.5. The van der Waals surface area contributed by atoms with Gasteiger partial charge in [0.25, 0.3) is 0 Å². The molecule has 0 aromatic rings. The van der Waals surface area contributed by atoms with E-state index in [0.29, 0.717) is 0 Å². The van der Waals surface area contributed by atoms with Crippen LogP contribution in [0.1, 0.15) is 32.6 Å². The summed E-state index contributed by atoms with van der Waals surface area (Å²) in [5, 5.41) is 3.37. The zero-order valence-electron chi connectivity index (χ0n) is 9.96.